The summed E-state index contributed by atoms with van der Waals surface area (Å²) in [6.45, 7) is 8.43. The fraction of sp³-hybridized carbons (Fsp3) is 0.647. The zero-order valence-corrected chi connectivity index (χ0v) is 13.4. The van der Waals surface area contributed by atoms with Crippen LogP contribution in [0.3, 0.4) is 0 Å². The molecule has 1 unspecified atom stereocenters. The van der Waals surface area contributed by atoms with E-state index in [1.807, 2.05) is 18.2 Å². The Hall–Kier alpha value is -0.900. The first-order valence-corrected chi connectivity index (χ1v) is 7.66. The largest absolute Gasteiger partial charge is 0.394 e. The predicted octanol–water partition coefficient (Wildman–Crippen LogP) is 2.60. The SMILES string of the molecule is CCCCN(C)CC(CO)(NC(C)C)c1ccccc1. The highest BCUT2D eigenvalue weighted by Gasteiger charge is 2.33. The Morgan fingerprint density at radius 2 is 1.90 bits per heavy atom. The number of aliphatic hydroxyl groups is 1. The lowest BCUT2D eigenvalue weighted by Crippen LogP contribution is -2.55. The number of nitrogens with zero attached hydrogens (tertiary/aromatic N) is 1. The molecule has 0 aliphatic carbocycles. The molecule has 1 aromatic carbocycles. The molecule has 0 aromatic heterocycles. The minimum Gasteiger partial charge on any atom is -0.394 e. The molecule has 0 bridgehead atoms. The fourth-order valence-electron chi connectivity index (χ4n) is 2.68. The summed E-state index contributed by atoms with van der Waals surface area (Å²) in [5.74, 6) is 0. The second kappa shape index (κ2) is 8.40. The predicted molar refractivity (Wildman–Crippen MR) is 85.9 cm³/mol. The normalized spacial score (nSPS) is 14.8. The molecule has 0 fully saturated rings. The minimum atomic E-state index is -0.391. The zero-order valence-electron chi connectivity index (χ0n) is 13.4. The molecule has 3 nitrogen and oxygen atoms in total. The number of nitrogens with one attached hydrogen (secondary N) is 1. The lowest BCUT2D eigenvalue weighted by molar-refractivity contribution is 0.109. The topological polar surface area (TPSA) is 35.5 Å². The summed E-state index contributed by atoms with van der Waals surface area (Å²) in [4.78, 5) is 2.31. The molecule has 0 heterocycles. The molecule has 0 saturated carbocycles. The maximum Gasteiger partial charge on any atom is 0.0799 e. The van der Waals surface area contributed by atoms with Gasteiger partial charge in [-0.1, -0.05) is 43.7 Å². The monoisotopic (exact) mass is 278 g/mol. The second-order valence-corrected chi connectivity index (χ2v) is 6.00. The number of rotatable bonds is 9. The van der Waals surface area contributed by atoms with Crippen molar-refractivity contribution in [1.29, 1.82) is 0 Å². The van der Waals surface area contributed by atoms with Gasteiger partial charge < -0.3 is 15.3 Å². The van der Waals surface area contributed by atoms with E-state index in [-0.39, 0.29) is 6.61 Å². The van der Waals surface area contributed by atoms with Crippen molar-refractivity contribution < 1.29 is 5.11 Å². The third kappa shape index (κ3) is 4.89. The van der Waals surface area contributed by atoms with Crippen LogP contribution in [0.5, 0.6) is 0 Å². The molecule has 0 radical (unpaired) electrons. The van der Waals surface area contributed by atoms with E-state index in [1.165, 1.54) is 12.8 Å². The van der Waals surface area contributed by atoms with Crippen molar-refractivity contribution in [3.63, 3.8) is 0 Å². The van der Waals surface area contributed by atoms with Crippen LogP contribution in [0.15, 0.2) is 30.3 Å². The van der Waals surface area contributed by atoms with E-state index in [0.29, 0.717) is 6.04 Å². The van der Waals surface area contributed by atoms with E-state index in [4.69, 9.17) is 0 Å². The third-order valence-electron chi connectivity index (χ3n) is 3.59. The Balaban J connectivity index is 2.94. The number of likely N-dealkylation sites (N-methyl/N-ethyl adjacent to an activating group) is 1. The Morgan fingerprint density at radius 3 is 2.40 bits per heavy atom. The number of unbranched alkanes of at least 4 members (excludes halogenated alkanes) is 1. The Kier molecular flexibility index (Phi) is 7.20. The van der Waals surface area contributed by atoms with Gasteiger partial charge in [-0.15, -0.1) is 0 Å². The molecule has 0 spiro atoms. The Morgan fingerprint density at radius 1 is 1.25 bits per heavy atom. The summed E-state index contributed by atoms with van der Waals surface area (Å²) in [5.41, 5.74) is 0.761. The number of hydrogen-bond donors (Lipinski definition) is 2. The second-order valence-electron chi connectivity index (χ2n) is 6.00. The van der Waals surface area contributed by atoms with Gasteiger partial charge in [0.15, 0.2) is 0 Å². The van der Waals surface area contributed by atoms with E-state index < -0.39 is 5.54 Å². The molecule has 1 aromatic rings. The van der Waals surface area contributed by atoms with Gasteiger partial charge in [-0.05, 0) is 39.4 Å². The van der Waals surface area contributed by atoms with Crippen LogP contribution >= 0.6 is 0 Å². The Bertz CT molecular complexity index is 367. The van der Waals surface area contributed by atoms with Crippen LogP contribution in [0, 0.1) is 0 Å². The third-order valence-corrected chi connectivity index (χ3v) is 3.59. The lowest BCUT2D eigenvalue weighted by atomic mass is 9.89. The van der Waals surface area contributed by atoms with Crippen molar-refractivity contribution >= 4 is 0 Å². The molecule has 0 amide bonds. The van der Waals surface area contributed by atoms with E-state index in [9.17, 15) is 5.11 Å². The summed E-state index contributed by atoms with van der Waals surface area (Å²) in [5, 5.41) is 13.6. The molecule has 20 heavy (non-hydrogen) atoms. The van der Waals surface area contributed by atoms with Crippen molar-refractivity contribution in [2.75, 3.05) is 26.7 Å². The maximum atomic E-state index is 10.1. The smallest absolute Gasteiger partial charge is 0.0799 e. The molecule has 2 N–H and O–H groups in total. The highest BCUT2D eigenvalue weighted by molar-refractivity contribution is 5.25. The molecular formula is C17H30N2O. The van der Waals surface area contributed by atoms with Crippen LogP contribution in [0.1, 0.15) is 39.2 Å². The van der Waals surface area contributed by atoms with Gasteiger partial charge in [0.25, 0.3) is 0 Å². The Labute approximate surface area is 124 Å². The minimum absolute atomic E-state index is 0.103. The van der Waals surface area contributed by atoms with Crippen molar-refractivity contribution in [2.45, 2.75) is 45.2 Å². The zero-order chi connectivity index (χ0) is 15.0. The maximum absolute atomic E-state index is 10.1. The van der Waals surface area contributed by atoms with Crippen LogP contribution < -0.4 is 5.32 Å². The summed E-state index contributed by atoms with van der Waals surface area (Å²) in [6, 6.07) is 10.6. The number of hydrogen-bond acceptors (Lipinski definition) is 3. The quantitative estimate of drug-likeness (QED) is 0.729. The lowest BCUT2D eigenvalue weighted by Gasteiger charge is -2.39. The van der Waals surface area contributed by atoms with Crippen LogP contribution in [0.4, 0.5) is 0 Å². The van der Waals surface area contributed by atoms with Gasteiger partial charge >= 0.3 is 0 Å². The number of benzene rings is 1. The molecular weight excluding hydrogens is 248 g/mol. The molecule has 0 saturated heterocycles. The summed E-state index contributed by atoms with van der Waals surface area (Å²) in [6.07, 6.45) is 2.38. The van der Waals surface area contributed by atoms with Crippen molar-refractivity contribution in [2.24, 2.45) is 0 Å². The first-order chi connectivity index (χ1) is 9.54. The van der Waals surface area contributed by atoms with Gasteiger partial charge in [0.2, 0.25) is 0 Å². The van der Waals surface area contributed by atoms with Gasteiger partial charge in [0, 0.05) is 12.6 Å². The van der Waals surface area contributed by atoms with Crippen LogP contribution in [-0.4, -0.2) is 42.8 Å². The summed E-state index contributed by atoms with van der Waals surface area (Å²) >= 11 is 0. The fourth-order valence-corrected chi connectivity index (χ4v) is 2.68. The van der Waals surface area contributed by atoms with Gasteiger partial charge in [0.1, 0.15) is 0 Å². The average molecular weight is 278 g/mol. The molecule has 0 aliphatic rings. The molecule has 0 aliphatic heterocycles. The van der Waals surface area contributed by atoms with Crippen LogP contribution in [0.25, 0.3) is 0 Å². The van der Waals surface area contributed by atoms with Crippen molar-refractivity contribution in [3.05, 3.63) is 35.9 Å². The van der Waals surface area contributed by atoms with Crippen LogP contribution in [-0.2, 0) is 5.54 Å². The highest BCUT2D eigenvalue weighted by Crippen LogP contribution is 2.23. The van der Waals surface area contributed by atoms with Gasteiger partial charge in [0.05, 0.1) is 12.1 Å². The van der Waals surface area contributed by atoms with Crippen LogP contribution in [0.2, 0.25) is 0 Å². The van der Waals surface area contributed by atoms with E-state index in [1.54, 1.807) is 0 Å². The standard InChI is InChI=1S/C17H30N2O/c1-5-6-12-19(4)13-17(14-20,18-15(2)3)16-10-8-7-9-11-16/h7-11,15,18,20H,5-6,12-14H2,1-4H3. The molecule has 1 rings (SSSR count). The van der Waals surface area contributed by atoms with Crippen molar-refractivity contribution in [1.82, 2.24) is 10.2 Å². The molecule has 3 heteroatoms. The number of aliphatic hydroxyl groups excluding tert-OH is 1. The summed E-state index contributed by atoms with van der Waals surface area (Å²) in [7, 11) is 2.13. The molecule has 1 atom stereocenters. The average Bonchev–Trinajstić information content (AvgIpc) is 2.44. The van der Waals surface area contributed by atoms with Gasteiger partial charge in [-0.25, -0.2) is 0 Å². The van der Waals surface area contributed by atoms with Crippen molar-refractivity contribution in [3.8, 4) is 0 Å². The van der Waals surface area contributed by atoms with E-state index in [0.717, 1.165) is 18.7 Å². The van der Waals surface area contributed by atoms with E-state index >= 15 is 0 Å². The van der Waals surface area contributed by atoms with E-state index in [2.05, 4.69) is 50.2 Å². The van der Waals surface area contributed by atoms with Gasteiger partial charge in [-0.2, -0.15) is 0 Å². The first kappa shape index (κ1) is 17.2. The molecule has 114 valence electrons. The van der Waals surface area contributed by atoms with Gasteiger partial charge in [-0.3, -0.25) is 0 Å². The summed E-state index contributed by atoms with van der Waals surface area (Å²) < 4.78 is 0. The first-order valence-electron chi connectivity index (χ1n) is 7.66. The highest BCUT2D eigenvalue weighted by atomic mass is 16.3.